The van der Waals surface area contributed by atoms with Gasteiger partial charge < -0.3 is 9.80 Å². The fraction of sp³-hybridized carbons (Fsp3) is 0.455. The standard InChI is InChI=1S/C22H30N2S/c1-23-15-17-24(18-16-23)14-5-8-21-9-11-22(12-10-21)25-19-13-20-6-3-2-4-7-20/h2-4,6-7,9-12H,5,8,13-19H2,1H3. The highest BCUT2D eigenvalue weighted by Gasteiger charge is 2.12. The summed E-state index contributed by atoms with van der Waals surface area (Å²) in [4.78, 5) is 6.41. The van der Waals surface area contributed by atoms with Crippen LogP contribution in [0.5, 0.6) is 0 Å². The van der Waals surface area contributed by atoms with Crippen LogP contribution in [0.1, 0.15) is 17.5 Å². The van der Waals surface area contributed by atoms with Gasteiger partial charge in [0.05, 0.1) is 0 Å². The van der Waals surface area contributed by atoms with E-state index in [0.29, 0.717) is 0 Å². The number of hydrogen-bond acceptors (Lipinski definition) is 3. The molecule has 0 saturated carbocycles. The van der Waals surface area contributed by atoms with Gasteiger partial charge in [0.2, 0.25) is 0 Å². The van der Waals surface area contributed by atoms with Crippen molar-refractivity contribution >= 4 is 11.8 Å². The van der Waals surface area contributed by atoms with Crippen LogP contribution in [0.25, 0.3) is 0 Å². The Kier molecular flexibility index (Phi) is 7.40. The molecule has 0 bridgehead atoms. The highest BCUT2D eigenvalue weighted by molar-refractivity contribution is 7.99. The van der Waals surface area contributed by atoms with Gasteiger partial charge in [0.25, 0.3) is 0 Å². The molecule has 1 saturated heterocycles. The highest BCUT2D eigenvalue weighted by Crippen LogP contribution is 2.20. The lowest BCUT2D eigenvalue weighted by Gasteiger charge is -2.32. The van der Waals surface area contributed by atoms with E-state index >= 15 is 0 Å². The van der Waals surface area contributed by atoms with Crippen molar-refractivity contribution in [2.75, 3.05) is 45.5 Å². The number of rotatable bonds is 8. The Hall–Kier alpha value is -1.29. The molecule has 0 radical (unpaired) electrons. The number of piperazine rings is 1. The lowest BCUT2D eigenvalue weighted by Crippen LogP contribution is -2.44. The van der Waals surface area contributed by atoms with Crippen LogP contribution in [0.2, 0.25) is 0 Å². The van der Waals surface area contributed by atoms with Crippen LogP contribution in [0, 0.1) is 0 Å². The SMILES string of the molecule is CN1CCN(CCCc2ccc(SCCc3ccccc3)cc2)CC1. The minimum atomic E-state index is 1.14. The number of likely N-dealkylation sites (N-methyl/N-ethyl adjacent to an activating group) is 1. The molecule has 0 aliphatic carbocycles. The third-order valence-electron chi connectivity index (χ3n) is 4.96. The summed E-state index contributed by atoms with van der Waals surface area (Å²) >= 11 is 1.96. The normalized spacial score (nSPS) is 16.2. The molecule has 134 valence electrons. The van der Waals surface area contributed by atoms with Gasteiger partial charge in [-0.2, -0.15) is 0 Å². The summed E-state index contributed by atoms with van der Waals surface area (Å²) in [7, 11) is 2.22. The van der Waals surface area contributed by atoms with Crippen molar-refractivity contribution in [3.8, 4) is 0 Å². The first kappa shape index (κ1) is 18.5. The summed E-state index contributed by atoms with van der Waals surface area (Å²) in [5.74, 6) is 1.15. The summed E-state index contributed by atoms with van der Waals surface area (Å²) in [6, 6.07) is 20.0. The third-order valence-corrected chi connectivity index (χ3v) is 5.98. The zero-order chi connectivity index (χ0) is 17.3. The Labute approximate surface area is 157 Å². The zero-order valence-electron chi connectivity index (χ0n) is 15.4. The number of hydrogen-bond donors (Lipinski definition) is 0. The molecule has 2 aromatic rings. The smallest absolute Gasteiger partial charge is 0.0110 e. The summed E-state index contributed by atoms with van der Waals surface area (Å²) in [6.07, 6.45) is 3.60. The van der Waals surface area contributed by atoms with Crippen molar-refractivity contribution in [1.29, 1.82) is 0 Å². The van der Waals surface area contributed by atoms with E-state index in [-0.39, 0.29) is 0 Å². The summed E-state index contributed by atoms with van der Waals surface area (Å²) in [5.41, 5.74) is 2.90. The van der Waals surface area contributed by atoms with Crippen molar-refractivity contribution in [1.82, 2.24) is 9.80 Å². The highest BCUT2D eigenvalue weighted by atomic mass is 32.2. The molecule has 3 rings (SSSR count). The molecule has 1 heterocycles. The van der Waals surface area contributed by atoms with E-state index in [2.05, 4.69) is 71.4 Å². The van der Waals surface area contributed by atoms with Gasteiger partial charge in [-0.3, -0.25) is 0 Å². The van der Waals surface area contributed by atoms with E-state index < -0.39 is 0 Å². The quantitative estimate of drug-likeness (QED) is 0.656. The number of aryl methyl sites for hydroxylation is 2. The van der Waals surface area contributed by atoms with Crippen molar-refractivity contribution in [2.45, 2.75) is 24.2 Å². The Balaban J connectivity index is 1.34. The van der Waals surface area contributed by atoms with E-state index in [4.69, 9.17) is 0 Å². The summed E-state index contributed by atoms with van der Waals surface area (Å²) in [6.45, 7) is 6.13. The molecule has 0 spiro atoms. The molecule has 1 aliphatic heterocycles. The fourth-order valence-corrected chi connectivity index (χ4v) is 4.16. The Morgan fingerprint density at radius 2 is 1.48 bits per heavy atom. The fourth-order valence-electron chi connectivity index (χ4n) is 3.26. The van der Waals surface area contributed by atoms with Crippen LogP contribution >= 0.6 is 11.8 Å². The van der Waals surface area contributed by atoms with Crippen LogP contribution in [-0.4, -0.2) is 55.3 Å². The molecular formula is C22H30N2S. The third kappa shape index (κ3) is 6.50. The van der Waals surface area contributed by atoms with Gasteiger partial charge >= 0.3 is 0 Å². The maximum atomic E-state index is 2.60. The minimum Gasteiger partial charge on any atom is -0.304 e. The first-order chi connectivity index (χ1) is 12.3. The van der Waals surface area contributed by atoms with Gasteiger partial charge in [-0.25, -0.2) is 0 Å². The molecule has 2 nitrogen and oxygen atoms in total. The molecule has 1 fully saturated rings. The molecule has 25 heavy (non-hydrogen) atoms. The van der Waals surface area contributed by atoms with Crippen LogP contribution in [0.4, 0.5) is 0 Å². The van der Waals surface area contributed by atoms with Gasteiger partial charge in [-0.1, -0.05) is 42.5 Å². The first-order valence-corrected chi connectivity index (χ1v) is 10.4. The van der Waals surface area contributed by atoms with Crippen LogP contribution in [0.15, 0.2) is 59.5 Å². The summed E-state index contributed by atoms with van der Waals surface area (Å²) in [5, 5.41) is 0. The first-order valence-electron chi connectivity index (χ1n) is 9.46. The molecule has 1 aliphatic rings. The second kappa shape index (κ2) is 10.0. The molecule has 0 unspecified atom stereocenters. The Bertz CT molecular complexity index is 604. The lowest BCUT2D eigenvalue weighted by molar-refractivity contribution is 0.153. The van der Waals surface area contributed by atoms with E-state index in [1.807, 2.05) is 11.8 Å². The largest absolute Gasteiger partial charge is 0.304 e. The molecular weight excluding hydrogens is 324 g/mol. The van der Waals surface area contributed by atoms with Crippen molar-refractivity contribution in [3.63, 3.8) is 0 Å². The van der Waals surface area contributed by atoms with Gasteiger partial charge in [-0.05, 0) is 56.1 Å². The van der Waals surface area contributed by atoms with Gasteiger partial charge in [0.15, 0.2) is 0 Å². The molecule has 0 atom stereocenters. The maximum absolute atomic E-state index is 2.60. The van der Waals surface area contributed by atoms with Crippen molar-refractivity contribution in [2.24, 2.45) is 0 Å². The molecule has 0 amide bonds. The molecule has 0 aromatic heterocycles. The van der Waals surface area contributed by atoms with Gasteiger partial charge in [0.1, 0.15) is 0 Å². The van der Waals surface area contributed by atoms with Crippen LogP contribution in [-0.2, 0) is 12.8 Å². The number of nitrogens with zero attached hydrogens (tertiary/aromatic N) is 2. The lowest BCUT2D eigenvalue weighted by atomic mass is 10.1. The Morgan fingerprint density at radius 3 is 2.20 bits per heavy atom. The maximum Gasteiger partial charge on any atom is 0.0110 e. The zero-order valence-corrected chi connectivity index (χ0v) is 16.2. The average Bonchev–Trinajstić information content (AvgIpc) is 2.66. The monoisotopic (exact) mass is 354 g/mol. The van der Waals surface area contributed by atoms with Crippen LogP contribution in [0.3, 0.4) is 0 Å². The second-order valence-corrected chi connectivity index (χ2v) is 8.14. The van der Waals surface area contributed by atoms with Gasteiger partial charge in [0, 0.05) is 36.8 Å². The summed E-state index contributed by atoms with van der Waals surface area (Å²) < 4.78 is 0. The molecule has 2 aromatic carbocycles. The van der Waals surface area contributed by atoms with E-state index in [1.54, 1.807) is 0 Å². The van der Waals surface area contributed by atoms with Crippen LogP contribution < -0.4 is 0 Å². The topological polar surface area (TPSA) is 6.48 Å². The number of benzene rings is 2. The van der Waals surface area contributed by atoms with Crippen molar-refractivity contribution in [3.05, 3.63) is 65.7 Å². The predicted octanol–water partition coefficient (Wildman–Crippen LogP) is 4.20. The predicted molar refractivity (Wildman–Crippen MR) is 110 cm³/mol. The number of thioether (sulfide) groups is 1. The molecule has 3 heteroatoms. The van der Waals surface area contributed by atoms with Crippen molar-refractivity contribution < 1.29 is 0 Å². The minimum absolute atomic E-state index is 1.14. The average molecular weight is 355 g/mol. The second-order valence-electron chi connectivity index (χ2n) is 6.98. The van der Waals surface area contributed by atoms with E-state index in [9.17, 15) is 0 Å². The van der Waals surface area contributed by atoms with Gasteiger partial charge in [-0.15, -0.1) is 11.8 Å². The Morgan fingerprint density at radius 1 is 0.800 bits per heavy atom. The van der Waals surface area contributed by atoms with E-state index in [0.717, 1.165) is 12.2 Å². The van der Waals surface area contributed by atoms with E-state index in [1.165, 1.54) is 61.6 Å². The molecule has 0 N–H and O–H groups in total.